The summed E-state index contributed by atoms with van der Waals surface area (Å²) < 4.78 is 5.45. The molecule has 8 heteroatoms. The van der Waals surface area contributed by atoms with E-state index in [9.17, 15) is 14.9 Å². The number of amides is 1. The number of amidine groups is 1. The summed E-state index contributed by atoms with van der Waals surface area (Å²) in [6, 6.07) is 20.1. The largest absolute Gasteiger partial charge is 0.496 e. The number of hydrogen-bond donors (Lipinski definition) is 0. The molecule has 0 N–H and O–H groups in total. The number of aliphatic imine (C=N–C) groups is 1. The van der Waals surface area contributed by atoms with Crippen LogP contribution < -0.4 is 9.64 Å². The maximum atomic E-state index is 13.4. The van der Waals surface area contributed by atoms with Crippen LogP contribution in [0.2, 0.25) is 5.02 Å². The number of carbonyl (C=O) groups excluding carboxylic acids is 1. The van der Waals surface area contributed by atoms with E-state index in [1.54, 1.807) is 54.6 Å². The smallest absolute Gasteiger partial charge is 0.282 e. The summed E-state index contributed by atoms with van der Waals surface area (Å²) in [5, 5.41) is 11.9. The van der Waals surface area contributed by atoms with Gasteiger partial charge in [0.1, 0.15) is 11.4 Å². The lowest BCUT2D eigenvalue weighted by Gasteiger charge is -2.20. The summed E-state index contributed by atoms with van der Waals surface area (Å²) in [4.78, 5) is 30.2. The molecule has 0 saturated carbocycles. The van der Waals surface area contributed by atoms with Gasteiger partial charge in [0.05, 0.1) is 28.8 Å². The molecule has 3 aromatic carbocycles. The van der Waals surface area contributed by atoms with Gasteiger partial charge in [-0.05, 0) is 48.5 Å². The minimum Gasteiger partial charge on any atom is -0.496 e. The second-order valence-electron chi connectivity index (χ2n) is 6.60. The molecular formula is C23H16ClN3O4. The van der Waals surface area contributed by atoms with Crippen LogP contribution in [0, 0.1) is 10.1 Å². The first-order valence-corrected chi connectivity index (χ1v) is 9.64. The summed E-state index contributed by atoms with van der Waals surface area (Å²) in [6.07, 6.45) is 1.42. The van der Waals surface area contributed by atoms with Crippen LogP contribution in [0.5, 0.6) is 5.75 Å². The minimum absolute atomic E-state index is 0.0742. The van der Waals surface area contributed by atoms with Gasteiger partial charge in [0, 0.05) is 11.1 Å². The highest BCUT2D eigenvalue weighted by atomic mass is 35.5. The molecule has 4 rings (SSSR count). The molecule has 0 radical (unpaired) electrons. The molecule has 0 atom stereocenters. The first-order valence-electron chi connectivity index (χ1n) is 9.27. The maximum Gasteiger partial charge on any atom is 0.282 e. The number of ether oxygens (including phenoxy) is 1. The molecule has 1 aliphatic rings. The molecule has 1 amide bonds. The Hall–Kier alpha value is -3.97. The molecule has 0 spiro atoms. The maximum absolute atomic E-state index is 13.4. The van der Waals surface area contributed by atoms with Crippen molar-refractivity contribution in [1.82, 2.24) is 0 Å². The molecule has 1 heterocycles. The molecule has 0 fully saturated rings. The monoisotopic (exact) mass is 433 g/mol. The third-order valence-electron chi connectivity index (χ3n) is 4.72. The van der Waals surface area contributed by atoms with Crippen molar-refractivity contribution in [2.75, 3.05) is 12.0 Å². The van der Waals surface area contributed by atoms with E-state index in [0.29, 0.717) is 27.9 Å². The van der Waals surface area contributed by atoms with E-state index < -0.39 is 10.8 Å². The van der Waals surface area contributed by atoms with Crippen molar-refractivity contribution in [2.45, 2.75) is 0 Å². The molecule has 3 aromatic rings. The number of nitro groups is 1. The first kappa shape index (κ1) is 20.3. The van der Waals surface area contributed by atoms with E-state index in [1.807, 2.05) is 12.1 Å². The molecule has 0 unspecified atom stereocenters. The van der Waals surface area contributed by atoms with Crippen LogP contribution in [0.4, 0.5) is 11.4 Å². The van der Waals surface area contributed by atoms with Crippen molar-refractivity contribution in [3.05, 3.63) is 105 Å². The van der Waals surface area contributed by atoms with Gasteiger partial charge in [-0.15, -0.1) is 0 Å². The Morgan fingerprint density at radius 3 is 2.42 bits per heavy atom. The van der Waals surface area contributed by atoms with Crippen LogP contribution in [0.3, 0.4) is 0 Å². The second kappa shape index (κ2) is 8.41. The van der Waals surface area contributed by atoms with Crippen molar-refractivity contribution in [3.63, 3.8) is 0 Å². The van der Waals surface area contributed by atoms with Gasteiger partial charge in [0.15, 0.2) is 5.84 Å². The summed E-state index contributed by atoms with van der Waals surface area (Å²) >= 11 is 6.01. The summed E-state index contributed by atoms with van der Waals surface area (Å²) in [6.45, 7) is 0. The predicted molar refractivity (Wildman–Crippen MR) is 120 cm³/mol. The topological polar surface area (TPSA) is 85.0 Å². The van der Waals surface area contributed by atoms with Gasteiger partial charge in [-0.3, -0.25) is 19.8 Å². The van der Waals surface area contributed by atoms with E-state index in [1.165, 1.54) is 24.2 Å². The van der Waals surface area contributed by atoms with Crippen molar-refractivity contribution in [2.24, 2.45) is 4.99 Å². The molecule has 1 aliphatic heterocycles. The van der Waals surface area contributed by atoms with Crippen LogP contribution >= 0.6 is 11.6 Å². The third kappa shape index (κ3) is 3.91. The SMILES string of the molecule is COc1ccccc1C1=N/C(=C/c2ccccc2[N+](=O)[O-])C(=O)N1c1ccc(Cl)cc1. The zero-order valence-corrected chi connectivity index (χ0v) is 17.1. The Morgan fingerprint density at radius 2 is 1.71 bits per heavy atom. The Morgan fingerprint density at radius 1 is 1.03 bits per heavy atom. The van der Waals surface area contributed by atoms with Gasteiger partial charge in [-0.2, -0.15) is 0 Å². The van der Waals surface area contributed by atoms with Gasteiger partial charge in [-0.25, -0.2) is 4.99 Å². The van der Waals surface area contributed by atoms with Crippen LogP contribution in [-0.2, 0) is 4.79 Å². The Kier molecular flexibility index (Phi) is 5.51. The summed E-state index contributed by atoms with van der Waals surface area (Å²) in [5.41, 5.74) is 1.42. The Balaban J connectivity index is 1.89. The van der Waals surface area contributed by atoms with Crippen LogP contribution in [0.25, 0.3) is 6.08 Å². The number of hydrogen-bond acceptors (Lipinski definition) is 5. The van der Waals surface area contributed by atoms with Gasteiger partial charge >= 0.3 is 0 Å². The molecule has 0 saturated heterocycles. The summed E-state index contributed by atoms with van der Waals surface area (Å²) in [5.74, 6) is 0.482. The fourth-order valence-corrected chi connectivity index (χ4v) is 3.41. The fraction of sp³-hybridized carbons (Fsp3) is 0.0435. The van der Waals surface area contributed by atoms with Gasteiger partial charge in [-0.1, -0.05) is 35.9 Å². The predicted octanol–water partition coefficient (Wildman–Crippen LogP) is 5.09. The van der Waals surface area contributed by atoms with Gasteiger partial charge in [0.2, 0.25) is 0 Å². The van der Waals surface area contributed by atoms with Crippen molar-refractivity contribution in [1.29, 1.82) is 0 Å². The molecule has 31 heavy (non-hydrogen) atoms. The van der Waals surface area contributed by atoms with Crippen LogP contribution in [0.15, 0.2) is 83.5 Å². The zero-order valence-electron chi connectivity index (χ0n) is 16.4. The first-order chi connectivity index (χ1) is 15.0. The van der Waals surface area contributed by atoms with E-state index in [-0.39, 0.29) is 16.9 Å². The standard InChI is InChI=1S/C23H16ClN3O4/c1-31-21-9-5-3-7-18(21)22-25-19(14-15-6-2-4-8-20(15)27(29)30)23(28)26(22)17-12-10-16(24)11-13-17/h2-14H,1H3/b19-14+. The molecule has 0 aromatic heterocycles. The number of rotatable bonds is 5. The highest BCUT2D eigenvalue weighted by Crippen LogP contribution is 2.32. The Bertz CT molecular complexity index is 1240. The van der Waals surface area contributed by atoms with E-state index in [0.717, 1.165) is 0 Å². The number of benzene rings is 3. The molecule has 154 valence electrons. The molecule has 0 bridgehead atoms. The van der Waals surface area contributed by atoms with E-state index in [2.05, 4.69) is 4.99 Å². The quantitative estimate of drug-likeness (QED) is 0.318. The number of nitrogens with zero attached hydrogens (tertiary/aromatic N) is 3. The van der Waals surface area contributed by atoms with Crippen molar-refractivity contribution >= 4 is 40.8 Å². The van der Waals surface area contributed by atoms with Crippen LogP contribution in [0.1, 0.15) is 11.1 Å². The number of halogens is 1. The number of para-hydroxylation sites is 2. The molecule has 0 aliphatic carbocycles. The lowest BCUT2D eigenvalue weighted by molar-refractivity contribution is -0.385. The summed E-state index contributed by atoms with van der Waals surface area (Å²) in [7, 11) is 1.53. The lowest BCUT2D eigenvalue weighted by atomic mass is 10.1. The highest BCUT2D eigenvalue weighted by molar-refractivity contribution is 6.34. The van der Waals surface area contributed by atoms with Gasteiger partial charge < -0.3 is 4.74 Å². The van der Waals surface area contributed by atoms with E-state index in [4.69, 9.17) is 16.3 Å². The lowest BCUT2D eigenvalue weighted by Crippen LogP contribution is -2.32. The fourth-order valence-electron chi connectivity index (χ4n) is 3.28. The molecular weight excluding hydrogens is 418 g/mol. The zero-order chi connectivity index (χ0) is 22.0. The third-order valence-corrected chi connectivity index (χ3v) is 4.97. The Labute approximate surface area is 183 Å². The van der Waals surface area contributed by atoms with Gasteiger partial charge in [0.25, 0.3) is 11.6 Å². The van der Waals surface area contributed by atoms with Crippen molar-refractivity contribution < 1.29 is 14.5 Å². The second-order valence-corrected chi connectivity index (χ2v) is 7.03. The number of methoxy groups -OCH3 is 1. The van der Waals surface area contributed by atoms with Crippen molar-refractivity contribution in [3.8, 4) is 5.75 Å². The minimum atomic E-state index is -0.492. The van der Waals surface area contributed by atoms with E-state index >= 15 is 0 Å². The number of nitro benzene ring substituents is 1. The average molecular weight is 434 g/mol. The average Bonchev–Trinajstić information content (AvgIpc) is 3.10. The normalized spacial score (nSPS) is 14.6. The number of anilines is 1. The molecule has 7 nitrogen and oxygen atoms in total. The van der Waals surface area contributed by atoms with Crippen LogP contribution in [-0.4, -0.2) is 23.8 Å². The number of carbonyl (C=O) groups is 1. The highest BCUT2D eigenvalue weighted by Gasteiger charge is 2.34.